The molecular formula is C28H20F3N3O4S. The van der Waals surface area contributed by atoms with Crippen LogP contribution >= 0.6 is 11.8 Å². The van der Waals surface area contributed by atoms with E-state index in [1.54, 1.807) is 0 Å². The molecule has 0 bridgehead atoms. The molecule has 39 heavy (non-hydrogen) atoms. The molecule has 0 aliphatic carbocycles. The van der Waals surface area contributed by atoms with Gasteiger partial charge in [-0.2, -0.15) is 30.2 Å². The van der Waals surface area contributed by atoms with Crippen molar-refractivity contribution < 1.29 is 32.3 Å². The van der Waals surface area contributed by atoms with Crippen molar-refractivity contribution in [1.29, 1.82) is 5.26 Å². The highest BCUT2D eigenvalue weighted by Crippen LogP contribution is 2.33. The lowest BCUT2D eigenvalue weighted by Gasteiger charge is -2.14. The molecule has 0 fully saturated rings. The first kappa shape index (κ1) is 27.5. The van der Waals surface area contributed by atoms with Crippen LogP contribution in [-0.4, -0.2) is 33.8 Å². The highest BCUT2D eigenvalue weighted by molar-refractivity contribution is 7.98. The number of halogens is 3. The van der Waals surface area contributed by atoms with E-state index in [2.05, 4.69) is 10.3 Å². The van der Waals surface area contributed by atoms with Gasteiger partial charge in [-0.05, 0) is 54.1 Å². The zero-order chi connectivity index (χ0) is 28.0. The molecule has 0 saturated carbocycles. The Morgan fingerprint density at radius 1 is 1.00 bits per heavy atom. The van der Waals surface area contributed by atoms with Crippen molar-refractivity contribution in [3.63, 3.8) is 0 Å². The van der Waals surface area contributed by atoms with E-state index >= 15 is 0 Å². The van der Waals surface area contributed by atoms with Crippen LogP contribution in [0.4, 0.5) is 13.2 Å². The lowest BCUT2D eigenvalue weighted by Crippen LogP contribution is -2.42. The van der Waals surface area contributed by atoms with Crippen molar-refractivity contribution in [3.8, 4) is 28.8 Å². The second kappa shape index (κ2) is 11.9. The number of rotatable bonds is 9. The lowest BCUT2D eigenvalue weighted by atomic mass is 10.1. The van der Waals surface area contributed by atoms with Gasteiger partial charge in [0.2, 0.25) is 5.89 Å². The summed E-state index contributed by atoms with van der Waals surface area (Å²) in [4.78, 5) is 29.3. The van der Waals surface area contributed by atoms with Crippen LogP contribution in [0.5, 0.6) is 0 Å². The number of thioether (sulfide) groups is 1. The van der Waals surface area contributed by atoms with Crippen molar-refractivity contribution in [3.05, 3.63) is 101 Å². The molecule has 1 heterocycles. The highest BCUT2D eigenvalue weighted by atomic mass is 32.2. The molecule has 0 aliphatic heterocycles. The zero-order valence-electron chi connectivity index (χ0n) is 20.1. The van der Waals surface area contributed by atoms with Crippen molar-refractivity contribution in [2.75, 3.05) is 5.75 Å². The minimum absolute atomic E-state index is 0.0204. The number of nitrogens with zero attached hydrogens (tertiary/aromatic N) is 2. The topological polar surface area (TPSA) is 116 Å². The number of hydrogen-bond acceptors (Lipinski definition) is 6. The van der Waals surface area contributed by atoms with E-state index < -0.39 is 29.7 Å². The van der Waals surface area contributed by atoms with Crippen LogP contribution in [0.15, 0.2) is 83.3 Å². The summed E-state index contributed by atoms with van der Waals surface area (Å²) in [6, 6.07) is 20.3. The first-order chi connectivity index (χ1) is 18.7. The summed E-state index contributed by atoms with van der Waals surface area (Å²) in [6.45, 7) is 0. The number of carbonyl (C=O) groups is 2. The number of aliphatic carboxylic acids is 1. The molecule has 3 aromatic carbocycles. The van der Waals surface area contributed by atoms with Gasteiger partial charge in [0.25, 0.3) is 5.91 Å². The molecule has 7 nitrogen and oxygen atoms in total. The number of benzene rings is 3. The van der Waals surface area contributed by atoms with Gasteiger partial charge < -0.3 is 14.8 Å². The highest BCUT2D eigenvalue weighted by Gasteiger charge is 2.31. The smallest absolute Gasteiger partial charge is 0.416 e. The second-order valence-corrected chi connectivity index (χ2v) is 9.36. The number of nitriles is 1. The van der Waals surface area contributed by atoms with E-state index in [9.17, 15) is 27.9 Å². The molecule has 4 rings (SSSR count). The molecule has 0 radical (unpaired) electrons. The largest absolute Gasteiger partial charge is 0.480 e. The molecule has 1 atom stereocenters. The Hall–Kier alpha value is -4.56. The van der Waals surface area contributed by atoms with E-state index in [4.69, 9.17) is 9.68 Å². The summed E-state index contributed by atoms with van der Waals surface area (Å²) in [5.41, 5.74) is 0.807. The Morgan fingerprint density at radius 3 is 2.23 bits per heavy atom. The standard InChI is InChI=1S/C28H20F3N3O4S/c29-28(30,31)21-12-10-20(11-13-21)26-34-23(24(38-26)19-8-6-17(14-32)7-9-19)25(35)33-22(27(36)37)16-39-15-18-4-2-1-3-5-18/h1-13,22H,15-16H2,(H,33,35)(H,36,37)/t22-/m1/s1. The molecule has 0 unspecified atom stereocenters. The third kappa shape index (κ3) is 6.86. The third-order valence-corrected chi connectivity index (χ3v) is 6.68. The lowest BCUT2D eigenvalue weighted by molar-refractivity contribution is -0.139. The minimum Gasteiger partial charge on any atom is -0.480 e. The Kier molecular flexibility index (Phi) is 8.36. The summed E-state index contributed by atoms with van der Waals surface area (Å²) < 4.78 is 44.8. The quantitative estimate of drug-likeness (QED) is 0.261. The third-order valence-electron chi connectivity index (χ3n) is 5.58. The van der Waals surface area contributed by atoms with Gasteiger partial charge in [0, 0.05) is 22.6 Å². The maximum absolute atomic E-state index is 13.2. The number of amides is 1. The fraction of sp³-hybridized carbons (Fsp3) is 0.143. The molecule has 1 aromatic heterocycles. The Bertz CT molecular complexity index is 1500. The number of carbonyl (C=O) groups excluding carboxylic acids is 1. The van der Waals surface area contributed by atoms with Crippen LogP contribution in [0.3, 0.4) is 0 Å². The number of nitrogens with one attached hydrogen (secondary N) is 1. The summed E-state index contributed by atoms with van der Waals surface area (Å²) in [5, 5.41) is 21.2. The van der Waals surface area contributed by atoms with Crippen LogP contribution in [0.2, 0.25) is 0 Å². The summed E-state index contributed by atoms with van der Waals surface area (Å²) in [5.74, 6) is -1.60. The number of oxazole rings is 1. The fourth-order valence-corrected chi connectivity index (χ4v) is 4.57. The Morgan fingerprint density at radius 2 is 1.64 bits per heavy atom. The summed E-state index contributed by atoms with van der Waals surface area (Å²) in [6.07, 6.45) is -4.53. The fourth-order valence-electron chi connectivity index (χ4n) is 3.56. The van der Waals surface area contributed by atoms with Gasteiger partial charge in [-0.1, -0.05) is 30.3 Å². The summed E-state index contributed by atoms with van der Waals surface area (Å²) in [7, 11) is 0. The predicted octanol–water partition coefficient (Wildman–Crippen LogP) is 6.02. The Labute approximate surface area is 225 Å². The normalized spacial score (nSPS) is 11.9. The average Bonchev–Trinajstić information content (AvgIpc) is 3.38. The molecule has 2 N–H and O–H groups in total. The van der Waals surface area contributed by atoms with Gasteiger partial charge >= 0.3 is 12.1 Å². The molecule has 0 aliphatic rings. The van der Waals surface area contributed by atoms with E-state index in [1.807, 2.05) is 36.4 Å². The van der Waals surface area contributed by atoms with E-state index in [-0.39, 0.29) is 28.7 Å². The van der Waals surface area contributed by atoms with Crippen LogP contribution < -0.4 is 5.32 Å². The second-order valence-electron chi connectivity index (χ2n) is 8.33. The van der Waals surface area contributed by atoms with Crippen LogP contribution in [0.1, 0.15) is 27.2 Å². The van der Waals surface area contributed by atoms with Gasteiger partial charge in [-0.3, -0.25) is 4.79 Å². The zero-order valence-corrected chi connectivity index (χ0v) is 20.9. The van der Waals surface area contributed by atoms with Crippen LogP contribution in [-0.2, 0) is 16.7 Å². The van der Waals surface area contributed by atoms with E-state index in [0.717, 1.165) is 17.7 Å². The molecule has 0 spiro atoms. The predicted molar refractivity (Wildman–Crippen MR) is 139 cm³/mol. The number of carboxylic acid groups (broad SMARTS) is 1. The van der Waals surface area contributed by atoms with E-state index in [0.29, 0.717) is 16.9 Å². The van der Waals surface area contributed by atoms with Crippen LogP contribution in [0, 0.1) is 11.3 Å². The van der Waals surface area contributed by atoms with Gasteiger partial charge in [-0.25, -0.2) is 9.78 Å². The first-order valence-electron chi connectivity index (χ1n) is 11.5. The van der Waals surface area contributed by atoms with E-state index in [1.165, 1.54) is 48.2 Å². The number of aromatic nitrogens is 1. The average molecular weight is 552 g/mol. The van der Waals surface area contributed by atoms with Gasteiger partial charge in [0.05, 0.1) is 17.2 Å². The molecule has 198 valence electrons. The minimum atomic E-state index is -4.53. The SMILES string of the molecule is N#Cc1ccc(-c2oc(-c3ccc(C(F)(F)F)cc3)nc2C(=O)N[C@H](CSCc2ccccc2)C(=O)O)cc1. The first-order valence-corrected chi connectivity index (χ1v) is 12.7. The number of alkyl halides is 3. The monoisotopic (exact) mass is 551 g/mol. The van der Waals surface area contributed by atoms with Crippen molar-refractivity contribution in [2.45, 2.75) is 18.0 Å². The van der Waals surface area contributed by atoms with Gasteiger partial charge in [-0.15, -0.1) is 0 Å². The maximum atomic E-state index is 13.2. The van der Waals surface area contributed by atoms with Gasteiger partial charge in [0.1, 0.15) is 6.04 Å². The van der Waals surface area contributed by atoms with Crippen LogP contribution in [0.25, 0.3) is 22.8 Å². The number of hydrogen-bond donors (Lipinski definition) is 2. The molecule has 0 saturated heterocycles. The molecule has 4 aromatic rings. The molecular weight excluding hydrogens is 531 g/mol. The van der Waals surface area contributed by atoms with Crippen molar-refractivity contribution in [2.24, 2.45) is 0 Å². The van der Waals surface area contributed by atoms with Crippen molar-refractivity contribution >= 4 is 23.6 Å². The maximum Gasteiger partial charge on any atom is 0.416 e. The molecule has 11 heteroatoms. The van der Waals surface area contributed by atoms with Crippen molar-refractivity contribution in [1.82, 2.24) is 10.3 Å². The summed E-state index contributed by atoms with van der Waals surface area (Å²) >= 11 is 1.33. The van der Waals surface area contributed by atoms with Gasteiger partial charge in [0.15, 0.2) is 11.5 Å². The number of carboxylic acids is 1. The molecule has 1 amide bonds. The Balaban J connectivity index is 1.61.